The van der Waals surface area contributed by atoms with Crippen LogP contribution >= 0.6 is 0 Å². The van der Waals surface area contributed by atoms with Gasteiger partial charge in [-0.3, -0.25) is 0 Å². The quantitative estimate of drug-likeness (QED) is 0.849. The summed E-state index contributed by atoms with van der Waals surface area (Å²) < 4.78 is 0. The topological polar surface area (TPSA) is 41.1 Å². The Labute approximate surface area is 113 Å². The summed E-state index contributed by atoms with van der Waals surface area (Å²) in [5, 5.41) is 7.76. The van der Waals surface area contributed by atoms with Crippen molar-refractivity contribution in [2.75, 3.05) is 5.32 Å². The molecular weight excluding hydrogens is 236 g/mol. The fourth-order valence-corrected chi connectivity index (χ4v) is 1.75. The second kappa shape index (κ2) is 6.05. The number of carbonyl (C=O) groups excluding carboxylic acids is 1. The number of amides is 2. The zero-order chi connectivity index (χ0) is 13.7. The Balaban J connectivity index is 2.03. The van der Waals surface area contributed by atoms with Crippen LogP contribution in [0.3, 0.4) is 0 Å². The van der Waals surface area contributed by atoms with Gasteiger partial charge in [0.1, 0.15) is 0 Å². The fourth-order valence-electron chi connectivity index (χ4n) is 1.75. The number of allylic oxidation sites excluding steroid dienone is 1. The van der Waals surface area contributed by atoms with Gasteiger partial charge < -0.3 is 10.6 Å². The van der Waals surface area contributed by atoms with Gasteiger partial charge in [0.2, 0.25) is 0 Å². The molecule has 0 fully saturated rings. The van der Waals surface area contributed by atoms with E-state index >= 15 is 0 Å². The predicted molar refractivity (Wildman–Crippen MR) is 80.1 cm³/mol. The van der Waals surface area contributed by atoms with Crippen molar-refractivity contribution >= 4 is 22.5 Å². The molecule has 2 N–H and O–H groups in total. The first-order valence-corrected chi connectivity index (χ1v) is 6.38. The summed E-state index contributed by atoms with van der Waals surface area (Å²) in [6.07, 6.45) is 3.60. The molecule has 98 valence electrons. The SMILES string of the molecule is CC(C)/C=C/NC(=O)Nc1ccc2ccccc2c1. The van der Waals surface area contributed by atoms with E-state index in [1.54, 1.807) is 6.20 Å². The minimum absolute atomic E-state index is 0.229. The van der Waals surface area contributed by atoms with Crippen molar-refractivity contribution in [1.82, 2.24) is 5.32 Å². The zero-order valence-corrected chi connectivity index (χ0v) is 11.2. The second-order valence-electron chi connectivity index (χ2n) is 4.76. The van der Waals surface area contributed by atoms with Crippen molar-refractivity contribution in [3.8, 4) is 0 Å². The number of hydrogen-bond acceptors (Lipinski definition) is 1. The molecule has 2 amide bonds. The van der Waals surface area contributed by atoms with Crippen LogP contribution in [0.4, 0.5) is 10.5 Å². The minimum atomic E-state index is -0.229. The molecule has 0 aliphatic heterocycles. The van der Waals surface area contributed by atoms with Crippen LogP contribution in [0.5, 0.6) is 0 Å². The van der Waals surface area contributed by atoms with Gasteiger partial charge in [-0.15, -0.1) is 0 Å². The number of carbonyl (C=O) groups is 1. The molecule has 0 heterocycles. The van der Waals surface area contributed by atoms with Crippen LogP contribution in [0.1, 0.15) is 13.8 Å². The monoisotopic (exact) mass is 254 g/mol. The summed E-state index contributed by atoms with van der Waals surface area (Å²) in [5.41, 5.74) is 0.786. The molecule has 19 heavy (non-hydrogen) atoms. The van der Waals surface area contributed by atoms with Crippen LogP contribution in [0.2, 0.25) is 0 Å². The number of rotatable bonds is 3. The lowest BCUT2D eigenvalue weighted by atomic mass is 10.1. The van der Waals surface area contributed by atoms with Gasteiger partial charge in [0, 0.05) is 11.9 Å². The average Bonchev–Trinajstić information content (AvgIpc) is 2.38. The van der Waals surface area contributed by atoms with E-state index in [1.165, 1.54) is 0 Å². The standard InChI is InChI=1S/C16H18N2O/c1-12(2)9-10-17-16(19)18-15-8-7-13-5-3-4-6-14(13)11-15/h3-12H,1-2H3,(H2,17,18,19)/b10-9+. The van der Waals surface area contributed by atoms with E-state index in [-0.39, 0.29) is 6.03 Å². The molecule has 0 spiro atoms. The molecule has 0 saturated heterocycles. The molecule has 0 unspecified atom stereocenters. The van der Waals surface area contributed by atoms with Crippen LogP contribution < -0.4 is 10.6 Å². The molecular formula is C16H18N2O. The summed E-state index contributed by atoms with van der Waals surface area (Å²) in [6, 6.07) is 13.7. The summed E-state index contributed by atoms with van der Waals surface area (Å²) in [7, 11) is 0. The van der Waals surface area contributed by atoms with Crippen LogP contribution in [0.25, 0.3) is 10.8 Å². The number of anilines is 1. The van der Waals surface area contributed by atoms with Gasteiger partial charge in [0.15, 0.2) is 0 Å². The van der Waals surface area contributed by atoms with Crippen LogP contribution in [0.15, 0.2) is 54.7 Å². The molecule has 2 aromatic carbocycles. The molecule has 3 nitrogen and oxygen atoms in total. The highest BCUT2D eigenvalue weighted by atomic mass is 16.2. The Morgan fingerprint density at radius 1 is 1.11 bits per heavy atom. The van der Waals surface area contributed by atoms with Gasteiger partial charge in [-0.1, -0.05) is 50.3 Å². The minimum Gasteiger partial charge on any atom is -0.315 e. The van der Waals surface area contributed by atoms with Crippen LogP contribution in [0, 0.1) is 5.92 Å². The lowest BCUT2D eigenvalue weighted by molar-refractivity contribution is 0.255. The molecule has 3 heteroatoms. The van der Waals surface area contributed by atoms with E-state index < -0.39 is 0 Å². The highest BCUT2D eigenvalue weighted by molar-refractivity contribution is 5.93. The Kier molecular flexibility index (Phi) is 4.18. The molecule has 0 atom stereocenters. The smallest absolute Gasteiger partial charge is 0.315 e. The summed E-state index contributed by atoms with van der Waals surface area (Å²) in [6.45, 7) is 4.11. The van der Waals surface area contributed by atoms with Crippen molar-refractivity contribution in [2.45, 2.75) is 13.8 Å². The summed E-state index contributed by atoms with van der Waals surface area (Å²) in [5.74, 6) is 0.418. The molecule has 0 bridgehead atoms. The Bertz CT molecular complexity index is 602. The van der Waals surface area contributed by atoms with E-state index in [0.717, 1.165) is 16.5 Å². The molecule has 0 aromatic heterocycles. The Morgan fingerprint density at radius 2 is 1.84 bits per heavy atom. The first kappa shape index (κ1) is 13.1. The second-order valence-corrected chi connectivity index (χ2v) is 4.76. The van der Waals surface area contributed by atoms with Crippen molar-refractivity contribution in [1.29, 1.82) is 0 Å². The Hall–Kier alpha value is -2.29. The van der Waals surface area contributed by atoms with Gasteiger partial charge in [0.05, 0.1) is 0 Å². The van der Waals surface area contributed by atoms with E-state index in [0.29, 0.717) is 5.92 Å². The number of benzene rings is 2. The third kappa shape index (κ3) is 3.85. The van der Waals surface area contributed by atoms with Crippen molar-refractivity contribution < 1.29 is 4.79 Å². The van der Waals surface area contributed by atoms with Gasteiger partial charge in [-0.2, -0.15) is 0 Å². The highest BCUT2D eigenvalue weighted by Gasteiger charge is 2.00. The lowest BCUT2D eigenvalue weighted by Crippen LogP contribution is -2.23. The lowest BCUT2D eigenvalue weighted by Gasteiger charge is -2.06. The third-order valence-corrected chi connectivity index (χ3v) is 2.70. The molecule has 0 radical (unpaired) electrons. The van der Waals surface area contributed by atoms with Gasteiger partial charge in [-0.25, -0.2) is 4.79 Å². The van der Waals surface area contributed by atoms with Gasteiger partial charge in [0.25, 0.3) is 0 Å². The normalized spacial score (nSPS) is 11.1. The predicted octanol–water partition coefficient (Wildman–Crippen LogP) is 4.13. The molecule has 0 aliphatic rings. The summed E-state index contributed by atoms with van der Waals surface area (Å²) in [4.78, 5) is 11.7. The molecule has 0 saturated carbocycles. The number of hydrogen-bond donors (Lipinski definition) is 2. The van der Waals surface area contributed by atoms with Gasteiger partial charge >= 0.3 is 6.03 Å². The molecule has 2 rings (SSSR count). The molecule has 2 aromatic rings. The van der Waals surface area contributed by atoms with Crippen molar-refractivity contribution in [3.63, 3.8) is 0 Å². The number of urea groups is 1. The van der Waals surface area contributed by atoms with E-state index in [2.05, 4.69) is 24.5 Å². The first-order valence-electron chi connectivity index (χ1n) is 6.38. The maximum absolute atomic E-state index is 11.7. The largest absolute Gasteiger partial charge is 0.323 e. The highest BCUT2D eigenvalue weighted by Crippen LogP contribution is 2.18. The van der Waals surface area contributed by atoms with Crippen molar-refractivity contribution in [3.05, 3.63) is 54.7 Å². The van der Waals surface area contributed by atoms with E-state index in [1.807, 2.05) is 48.5 Å². The van der Waals surface area contributed by atoms with Crippen LogP contribution in [-0.4, -0.2) is 6.03 Å². The van der Waals surface area contributed by atoms with E-state index in [4.69, 9.17) is 0 Å². The maximum atomic E-state index is 11.7. The summed E-state index contributed by atoms with van der Waals surface area (Å²) >= 11 is 0. The first-order chi connectivity index (χ1) is 9.15. The Morgan fingerprint density at radius 3 is 2.58 bits per heavy atom. The average molecular weight is 254 g/mol. The van der Waals surface area contributed by atoms with Crippen molar-refractivity contribution in [2.24, 2.45) is 5.92 Å². The third-order valence-electron chi connectivity index (χ3n) is 2.70. The zero-order valence-electron chi connectivity index (χ0n) is 11.2. The van der Waals surface area contributed by atoms with E-state index in [9.17, 15) is 4.79 Å². The number of fused-ring (bicyclic) bond motifs is 1. The maximum Gasteiger partial charge on any atom is 0.323 e. The fraction of sp³-hybridized carbons (Fsp3) is 0.188. The molecule has 0 aliphatic carbocycles. The van der Waals surface area contributed by atoms with Gasteiger partial charge in [-0.05, 0) is 28.8 Å². The van der Waals surface area contributed by atoms with Crippen LogP contribution in [-0.2, 0) is 0 Å². The number of nitrogens with one attached hydrogen (secondary N) is 2.